The van der Waals surface area contributed by atoms with Gasteiger partial charge in [-0.25, -0.2) is 4.79 Å². The van der Waals surface area contributed by atoms with Crippen LogP contribution in [0.1, 0.15) is 22.9 Å². The number of hydrogen-bond donors (Lipinski definition) is 1. The van der Waals surface area contributed by atoms with Crippen LogP contribution in [0, 0.1) is 0 Å². The molecule has 162 valence electrons. The largest absolute Gasteiger partial charge is 0.376 e. The van der Waals surface area contributed by atoms with Gasteiger partial charge in [0.1, 0.15) is 5.02 Å². The molecule has 0 aliphatic carbocycles. The molecule has 8 heteroatoms. The second kappa shape index (κ2) is 10.3. The summed E-state index contributed by atoms with van der Waals surface area (Å²) in [5.74, 6) is 0. The number of halogens is 1. The zero-order valence-corrected chi connectivity index (χ0v) is 18.4. The minimum Gasteiger partial charge on any atom is -0.376 e. The summed E-state index contributed by atoms with van der Waals surface area (Å²) in [5, 5.41) is -0.172. The van der Waals surface area contributed by atoms with Crippen LogP contribution < -0.4 is 11.2 Å². The fourth-order valence-electron chi connectivity index (χ4n) is 3.52. The molecule has 31 heavy (non-hydrogen) atoms. The molecule has 2 heterocycles. The molecule has 0 radical (unpaired) electrons. The van der Waals surface area contributed by atoms with E-state index in [9.17, 15) is 9.59 Å². The maximum absolute atomic E-state index is 12.3. The lowest BCUT2D eigenvalue weighted by Crippen LogP contribution is -2.31. The normalized spacial score (nSPS) is 20.7. The molecule has 2 aromatic carbocycles. The van der Waals surface area contributed by atoms with Crippen molar-refractivity contribution < 1.29 is 9.47 Å². The van der Waals surface area contributed by atoms with Gasteiger partial charge < -0.3 is 9.47 Å². The van der Waals surface area contributed by atoms with Crippen LogP contribution in [-0.4, -0.2) is 27.5 Å². The number of H-pyrrole nitrogens is 1. The van der Waals surface area contributed by atoms with E-state index >= 15 is 0 Å². The third-order valence-electron chi connectivity index (χ3n) is 5.12. The van der Waals surface area contributed by atoms with Crippen molar-refractivity contribution in [2.24, 2.45) is 0 Å². The molecule has 1 aromatic heterocycles. The molecule has 4 rings (SSSR count). The SMILES string of the molecule is O=c1[nH]c(=O)n(C2C[C@H](OCc3ccccc3)[C@H](COCc3ccccc3)S2)cc1Cl. The summed E-state index contributed by atoms with van der Waals surface area (Å²) in [7, 11) is 0. The van der Waals surface area contributed by atoms with Crippen molar-refractivity contribution in [1.29, 1.82) is 0 Å². The summed E-state index contributed by atoms with van der Waals surface area (Å²) >= 11 is 7.56. The van der Waals surface area contributed by atoms with Crippen LogP contribution in [0.15, 0.2) is 76.4 Å². The van der Waals surface area contributed by atoms with Gasteiger partial charge in [0.25, 0.3) is 5.56 Å². The van der Waals surface area contributed by atoms with Gasteiger partial charge in [-0.1, -0.05) is 72.3 Å². The summed E-state index contributed by atoms with van der Waals surface area (Å²) in [6.45, 7) is 1.48. The lowest BCUT2D eigenvalue weighted by Gasteiger charge is -2.19. The molecule has 1 aliphatic rings. The van der Waals surface area contributed by atoms with E-state index in [1.54, 1.807) is 11.8 Å². The van der Waals surface area contributed by atoms with Crippen LogP contribution in [-0.2, 0) is 22.7 Å². The van der Waals surface area contributed by atoms with E-state index in [-0.39, 0.29) is 21.8 Å². The Morgan fingerprint density at radius 2 is 1.65 bits per heavy atom. The first-order valence-corrected chi connectivity index (χ1v) is 11.4. The second-order valence-corrected chi connectivity index (χ2v) is 9.17. The fraction of sp³-hybridized carbons (Fsp3) is 0.304. The number of thioether (sulfide) groups is 1. The maximum Gasteiger partial charge on any atom is 0.329 e. The Morgan fingerprint density at radius 1 is 1.00 bits per heavy atom. The molecule has 1 fully saturated rings. The molecule has 6 nitrogen and oxygen atoms in total. The summed E-state index contributed by atoms with van der Waals surface area (Å²) < 4.78 is 13.7. The van der Waals surface area contributed by atoms with Gasteiger partial charge in [-0.2, -0.15) is 0 Å². The van der Waals surface area contributed by atoms with Gasteiger partial charge in [0.2, 0.25) is 0 Å². The van der Waals surface area contributed by atoms with Crippen LogP contribution >= 0.6 is 23.4 Å². The molecular formula is C23H23ClN2O4S. The Bertz CT molecular complexity index is 1100. The molecule has 1 unspecified atom stereocenters. The molecule has 1 aliphatic heterocycles. The van der Waals surface area contributed by atoms with E-state index in [1.807, 2.05) is 60.7 Å². The Hall–Kier alpha value is -2.32. The van der Waals surface area contributed by atoms with Crippen LogP contribution in [0.2, 0.25) is 5.02 Å². The van der Waals surface area contributed by atoms with Crippen molar-refractivity contribution in [2.75, 3.05) is 6.61 Å². The van der Waals surface area contributed by atoms with Crippen LogP contribution in [0.25, 0.3) is 0 Å². The summed E-state index contributed by atoms with van der Waals surface area (Å²) in [4.78, 5) is 26.2. The van der Waals surface area contributed by atoms with E-state index < -0.39 is 11.2 Å². The number of benzene rings is 2. The number of aromatic nitrogens is 2. The lowest BCUT2D eigenvalue weighted by atomic mass is 10.1. The minimum atomic E-state index is -0.578. The minimum absolute atomic E-state index is 0.00858. The highest BCUT2D eigenvalue weighted by atomic mass is 35.5. The van der Waals surface area contributed by atoms with Crippen LogP contribution in [0.4, 0.5) is 0 Å². The smallest absolute Gasteiger partial charge is 0.329 e. The average molecular weight is 459 g/mol. The third kappa shape index (κ3) is 5.68. The zero-order chi connectivity index (χ0) is 21.6. The predicted molar refractivity (Wildman–Crippen MR) is 122 cm³/mol. The fourth-order valence-corrected chi connectivity index (χ4v) is 5.20. The van der Waals surface area contributed by atoms with E-state index in [4.69, 9.17) is 21.1 Å². The monoisotopic (exact) mass is 458 g/mol. The third-order valence-corrected chi connectivity index (χ3v) is 6.91. The van der Waals surface area contributed by atoms with Gasteiger partial charge in [0, 0.05) is 12.6 Å². The molecule has 0 bridgehead atoms. The number of aromatic amines is 1. The Kier molecular flexibility index (Phi) is 7.29. The number of hydrogen-bond acceptors (Lipinski definition) is 5. The zero-order valence-electron chi connectivity index (χ0n) is 16.8. The van der Waals surface area contributed by atoms with Gasteiger partial charge in [0.05, 0.1) is 36.5 Å². The molecule has 0 spiro atoms. The molecule has 0 amide bonds. The average Bonchev–Trinajstić information content (AvgIpc) is 3.19. The van der Waals surface area contributed by atoms with Crippen molar-refractivity contribution in [3.63, 3.8) is 0 Å². The second-order valence-electron chi connectivity index (χ2n) is 7.34. The molecule has 0 saturated carbocycles. The number of nitrogens with zero attached hydrogens (tertiary/aromatic N) is 1. The number of nitrogens with one attached hydrogen (secondary N) is 1. The Morgan fingerprint density at radius 3 is 2.32 bits per heavy atom. The first-order chi connectivity index (χ1) is 15.1. The van der Waals surface area contributed by atoms with Gasteiger partial charge in [0.15, 0.2) is 0 Å². The lowest BCUT2D eigenvalue weighted by molar-refractivity contribution is 0.0135. The van der Waals surface area contributed by atoms with Crippen molar-refractivity contribution >= 4 is 23.4 Å². The van der Waals surface area contributed by atoms with Gasteiger partial charge in [-0.15, -0.1) is 11.8 Å². The first kappa shape index (κ1) is 21.9. The Labute approximate surface area is 189 Å². The van der Waals surface area contributed by atoms with Gasteiger partial charge in [-0.05, 0) is 11.1 Å². The van der Waals surface area contributed by atoms with E-state index in [0.717, 1.165) is 11.1 Å². The van der Waals surface area contributed by atoms with Crippen molar-refractivity contribution in [2.45, 2.75) is 36.4 Å². The molecule has 3 atom stereocenters. The molecule has 1 N–H and O–H groups in total. The van der Waals surface area contributed by atoms with Gasteiger partial charge in [-0.3, -0.25) is 14.3 Å². The van der Waals surface area contributed by atoms with Crippen LogP contribution in [0.5, 0.6) is 0 Å². The van der Waals surface area contributed by atoms with E-state index in [1.165, 1.54) is 10.8 Å². The standard InChI is InChI=1S/C23H23ClN2O4S/c24-18-12-26(23(28)25-22(18)27)21-11-19(30-14-17-9-5-2-6-10-17)20(31-21)15-29-13-16-7-3-1-4-8-16/h1-10,12,19-21H,11,13-15H2,(H,25,27,28)/t19-,20-,21?/m0/s1. The topological polar surface area (TPSA) is 73.3 Å². The van der Waals surface area contributed by atoms with Crippen LogP contribution in [0.3, 0.4) is 0 Å². The summed E-state index contributed by atoms with van der Waals surface area (Å²) in [5.41, 5.74) is 1.14. The highest BCUT2D eigenvalue weighted by Gasteiger charge is 2.37. The summed E-state index contributed by atoms with van der Waals surface area (Å²) in [6.07, 6.45) is 1.91. The maximum atomic E-state index is 12.3. The highest BCUT2D eigenvalue weighted by Crippen LogP contribution is 2.43. The molecule has 3 aromatic rings. The van der Waals surface area contributed by atoms with Crippen molar-refractivity contribution in [3.05, 3.63) is 104 Å². The predicted octanol–water partition coefficient (Wildman–Crippen LogP) is 4.00. The Balaban J connectivity index is 1.46. The van der Waals surface area contributed by atoms with Crippen molar-refractivity contribution in [3.8, 4) is 0 Å². The number of ether oxygens (including phenoxy) is 2. The van der Waals surface area contributed by atoms with Crippen molar-refractivity contribution in [1.82, 2.24) is 9.55 Å². The van der Waals surface area contributed by atoms with E-state index in [0.29, 0.717) is 26.2 Å². The quantitative estimate of drug-likeness (QED) is 0.552. The van der Waals surface area contributed by atoms with E-state index in [2.05, 4.69) is 4.98 Å². The molecule has 1 saturated heterocycles. The summed E-state index contributed by atoms with van der Waals surface area (Å²) in [6, 6.07) is 20.0. The highest BCUT2D eigenvalue weighted by molar-refractivity contribution is 8.00. The molecular weight excluding hydrogens is 436 g/mol. The first-order valence-electron chi connectivity index (χ1n) is 10.0. The number of rotatable bonds is 8. The van der Waals surface area contributed by atoms with Gasteiger partial charge >= 0.3 is 5.69 Å².